The second kappa shape index (κ2) is 6.89. The quantitative estimate of drug-likeness (QED) is 0.482. The summed E-state index contributed by atoms with van der Waals surface area (Å²) in [5.74, 6) is 1.43. The Hall–Kier alpha value is -1.12. The summed E-state index contributed by atoms with van der Waals surface area (Å²) >= 11 is 0. The van der Waals surface area contributed by atoms with E-state index in [9.17, 15) is 9.59 Å². The molecule has 5 atom stereocenters. The van der Waals surface area contributed by atoms with Crippen LogP contribution in [0.25, 0.3) is 0 Å². The minimum Gasteiger partial charge on any atom is -0.462 e. The van der Waals surface area contributed by atoms with Crippen LogP contribution in [0.4, 0.5) is 0 Å². The maximum absolute atomic E-state index is 12.5. The molecule has 0 radical (unpaired) electrons. The highest BCUT2D eigenvalue weighted by Gasteiger charge is 2.47. The summed E-state index contributed by atoms with van der Waals surface area (Å²) in [6.45, 7) is 8.49. The van der Waals surface area contributed by atoms with Gasteiger partial charge < -0.3 is 4.74 Å². The molecule has 0 aromatic carbocycles. The van der Waals surface area contributed by atoms with E-state index < -0.39 is 0 Å². The molecule has 0 N–H and O–H groups in total. The average molecular weight is 347 g/mol. The molecule has 0 aromatic rings. The van der Waals surface area contributed by atoms with Crippen LogP contribution in [0.3, 0.4) is 0 Å². The number of hydrogen-bond acceptors (Lipinski definition) is 3. The number of ether oxygens (including phenoxy) is 1. The Bertz CT molecular complexity index is 578. The van der Waals surface area contributed by atoms with Gasteiger partial charge in [-0.05, 0) is 62.2 Å². The van der Waals surface area contributed by atoms with E-state index in [0.717, 1.165) is 57.8 Å². The molecule has 2 saturated carbocycles. The van der Waals surface area contributed by atoms with E-state index in [1.807, 2.05) is 0 Å². The van der Waals surface area contributed by atoms with Gasteiger partial charge in [-0.15, -0.1) is 0 Å². The summed E-state index contributed by atoms with van der Waals surface area (Å²) in [6.07, 6.45) is 11.6. The Balaban J connectivity index is 1.83. The van der Waals surface area contributed by atoms with Gasteiger partial charge in [-0.2, -0.15) is 0 Å². The number of Topliss-reactive ketones (excluding diaryl/α,β-unsaturated/α-hetero) is 1. The van der Waals surface area contributed by atoms with Crippen LogP contribution in [0.1, 0.15) is 85.5 Å². The van der Waals surface area contributed by atoms with Crippen molar-refractivity contribution in [3.05, 3.63) is 11.6 Å². The molecule has 0 aromatic heterocycles. The van der Waals surface area contributed by atoms with Crippen LogP contribution in [-0.2, 0) is 14.3 Å². The fourth-order valence-corrected chi connectivity index (χ4v) is 5.65. The highest BCUT2D eigenvalue weighted by Crippen LogP contribution is 2.53. The summed E-state index contributed by atoms with van der Waals surface area (Å²) in [7, 11) is 0. The predicted octanol–water partition coefficient (Wildman–Crippen LogP) is 5.23. The zero-order valence-corrected chi connectivity index (χ0v) is 16.4. The first-order chi connectivity index (χ1) is 11.8. The largest absolute Gasteiger partial charge is 0.462 e. The van der Waals surface area contributed by atoms with Crippen molar-refractivity contribution < 1.29 is 14.3 Å². The van der Waals surface area contributed by atoms with Crippen molar-refractivity contribution in [1.82, 2.24) is 0 Å². The SMILES string of the molecule is CC(=O)OC1CCC2(C)C(=CCCC3CCC(=O)C3(C)CCC2C)C1. The van der Waals surface area contributed by atoms with Crippen molar-refractivity contribution >= 4 is 11.8 Å². The zero-order chi connectivity index (χ0) is 18.2. The smallest absolute Gasteiger partial charge is 0.302 e. The molecular formula is C22H34O3. The number of fused-ring (bicyclic) bond motifs is 2. The van der Waals surface area contributed by atoms with Gasteiger partial charge in [0.2, 0.25) is 0 Å². The van der Waals surface area contributed by atoms with E-state index in [0.29, 0.717) is 17.6 Å². The molecule has 3 heteroatoms. The van der Waals surface area contributed by atoms with Gasteiger partial charge >= 0.3 is 5.97 Å². The van der Waals surface area contributed by atoms with Crippen LogP contribution in [0.15, 0.2) is 11.6 Å². The molecule has 0 spiro atoms. The standard InChI is InChI=1S/C22H34O3/c1-15-10-12-22(4)17(8-9-20(22)24)6-5-7-18-14-19(25-16(2)23)11-13-21(15,18)3/h7,15,17,19H,5-6,8-14H2,1-4H3. The van der Waals surface area contributed by atoms with Gasteiger partial charge in [-0.3, -0.25) is 9.59 Å². The topological polar surface area (TPSA) is 43.4 Å². The summed E-state index contributed by atoms with van der Waals surface area (Å²) in [5, 5.41) is 0. The second-order valence-electron chi connectivity index (χ2n) is 9.21. The molecular weight excluding hydrogens is 312 g/mol. The molecule has 3 aliphatic rings. The Morgan fingerprint density at radius 3 is 2.56 bits per heavy atom. The van der Waals surface area contributed by atoms with Crippen LogP contribution < -0.4 is 0 Å². The van der Waals surface area contributed by atoms with E-state index in [2.05, 4.69) is 26.8 Å². The average Bonchev–Trinajstić information content (AvgIpc) is 2.83. The fourth-order valence-electron chi connectivity index (χ4n) is 5.65. The first-order valence-corrected chi connectivity index (χ1v) is 10.2. The third kappa shape index (κ3) is 3.44. The maximum atomic E-state index is 12.5. The molecule has 3 aliphatic carbocycles. The van der Waals surface area contributed by atoms with E-state index in [-0.39, 0.29) is 22.9 Å². The van der Waals surface area contributed by atoms with Crippen molar-refractivity contribution in [3.8, 4) is 0 Å². The van der Waals surface area contributed by atoms with Crippen LogP contribution in [0.5, 0.6) is 0 Å². The molecule has 140 valence electrons. The van der Waals surface area contributed by atoms with Crippen LogP contribution >= 0.6 is 0 Å². The molecule has 3 nitrogen and oxygen atoms in total. The molecule has 2 fully saturated rings. The summed E-state index contributed by atoms with van der Waals surface area (Å²) in [4.78, 5) is 23.9. The minimum atomic E-state index is -0.164. The number of carbonyl (C=O) groups excluding carboxylic acids is 2. The van der Waals surface area contributed by atoms with Gasteiger partial charge in [-0.1, -0.05) is 32.4 Å². The van der Waals surface area contributed by atoms with E-state index in [4.69, 9.17) is 4.74 Å². The summed E-state index contributed by atoms with van der Waals surface area (Å²) in [6, 6.07) is 0. The third-order valence-corrected chi connectivity index (χ3v) is 7.85. The number of hydrogen-bond donors (Lipinski definition) is 0. The summed E-state index contributed by atoms with van der Waals surface area (Å²) in [5.41, 5.74) is 1.58. The monoisotopic (exact) mass is 346 g/mol. The van der Waals surface area contributed by atoms with Gasteiger partial charge in [0.1, 0.15) is 11.9 Å². The fraction of sp³-hybridized carbons (Fsp3) is 0.818. The highest BCUT2D eigenvalue weighted by atomic mass is 16.5. The molecule has 3 rings (SSSR count). The number of esters is 1. The first kappa shape index (κ1) is 18.7. The number of carbonyl (C=O) groups is 2. The number of ketones is 1. The second-order valence-corrected chi connectivity index (χ2v) is 9.21. The predicted molar refractivity (Wildman–Crippen MR) is 99.1 cm³/mol. The molecule has 0 heterocycles. The molecule has 25 heavy (non-hydrogen) atoms. The molecule has 0 bridgehead atoms. The Labute approximate surface area is 152 Å². The van der Waals surface area contributed by atoms with E-state index >= 15 is 0 Å². The number of rotatable bonds is 1. The molecule has 5 unspecified atom stereocenters. The van der Waals surface area contributed by atoms with Gasteiger partial charge in [0.15, 0.2) is 0 Å². The van der Waals surface area contributed by atoms with Crippen molar-refractivity contribution in [2.75, 3.05) is 0 Å². The molecule has 0 amide bonds. The normalized spacial score (nSPS) is 42.2. The van der Waals surface area contributed by atoms with Crippen molar-refractivity contribution in [3.63, 3.8) is 0 Å². The Kier molecular flexibility index (Phi) is 5.14. The summed E-state index contributed by atoms with van der Waals surface area (Å²) < 4.78 is 5.52. The highest BCUT2D eigenvalue weighted by molar-refractivity contribution is 5.86. The van der Waals surface area contributed by atoms with Gasteiger partial charge in [-0.25, -0.2) is 0 Å². The van der Waals surface area contributed by atoms with E-state index in [1.54, 1.807) is 0 Å². The minimum absolute atomic E-state index is 0.0466. The van der Waals surface area contributed by atoms with Crippen molar-refractivity contribution in [2.24, 2.45) is 22.7 Å². The lowest BCUT2D eigenvalue weighted by atomic mass is 9.60. The zero-order valence-electron chi connectivity index (χ0n) is 16.4. The Morgan fingerprint density at radius 2 is 1.84 bits per heavy atom. The maximum Gasteiger partial charge on any atom is 0.302 e. The van der Waals surface area contributed by atoms with Gasteiger partial charge in [0.05, 0.1) is 0 Å². The lowest BCUT2D eigenvalue weighted by Crippen LogP contribution is -2.38. The molecule has 0 aliphatic heterocycles. The lowest BCUT2D eigenvalue weighted by Gasteiger charge is -2.45. The van der Waals surface area contributed by atoms with Crippen LogP contribution in [0.2, 0.25) is 0 Å². The number of allylic oxidation sites excluding steroid dienone is 1. The van der Waals surface area contributed by atoms with Gasteiger partial charge in [0.25, 0.3) is 0 Å². The van der Waals surface area contributed by atoms with Crippen LogP contribution in [-0.4, -0.2) is 17.9 Å². The molecule has 0 saturated heterocycles. The van der Waals surface area contributed by atoms with Gasteiger partial charge in [0, 0.05) is 25.2 Å². The van der Waals surface area contributed by atoms with E-state index in [1.165, 1.54) is 12.5 Å². The Morgan fingerprint density at radius 1 is 1.12 bits per heavy atom. The lowest BCUT2D eigenvalue weighted by molar-refractivity contribution is -0.147. The van der Waals surface area contributed by atoms with Crippen molar-refractivity contribution in [2.45, 2.75) is 91.6 Å². The van der Waals surface area contributed by atoms with Crippen molar-refractivity contribution in [1.29, 1.82) is 0 Å². The third-order valence-electron chi connectivity index (χ3n) is 7.85. The van der Waals surface area contributed by atoms with Crippen LogP contribution in [0, 0.1) is 22.7 Å². The first-order valence-electron chi connectivity index (χ1n) is 10.2.